The van der Waals surface area contributed by atoms with E-state index in [1.165, 1.54) is 6.20 Å². The van der Waals surface area contributed by atoms with Crippen LogP contribution in [0, 0.1) is 6.92 Å². The first-order valence-electron chi connectivity index (χ1n) is 10.1. The zero-order valence-corrected chi connectivity index (χ0v) is 17.2. The third kappa shape index (κ3) is 4.37. The number of aryl methyl sites for hydroxylation is 2. The molecule has 0 aliphatic carbocycles. The second-order valence-corrected chi connectivity index (χ2v) is 7.39. The second-order valence-electron chi connectivity index (χ2n) is 7.39. The molecule has 0 unspecified atom stereocenters. The molecule has 3 N–H and O–H groups in total. The molecule has 3 aromatic rings. The summed E-state index contributed by atoms with van der Waals surface area (Å²) < 4.78 is 0. The van der Waals surface area contributed by atoms with E-state index in [1.54, 1.807) is 12.3 Å². The van der Waals surface area contributed by atoms with Gasteiger partial charge in [-0.1, -0.05) is 6.07 Å². The Morgan fingerprint density at radius 1 is 1.19 bits per heavy atom. The van der Waals surface area contributed by atoms with Crippen molar-refractivity contribution in [3.63, 3.8) is 0 Å². The first-order valence-corrected chi connectivity index (χ1v) is 10.1. The van der Waals surface area contributed by atoms with Crippen LogP contribution >= 0.6 is 0 Å². The van der Waals surface area contributed by atoms with Gasteiger partial charge in [-0.25, -0.2) is 15.0 Å². The molecule has 3 aromatic heterocycles. The van der Waals surface area contributed by atoms with Crippen LogP contribution in [0.2, 0.25) is 0 Å². The maximum atomic E-state index is 12.8. The number of pyridine rings is 2. The molecule has 4 heterocycles. The third-order valence-electron chi connectivity index (χ3n) is 5.15. The van der Waals surface area contributed by atoms with E-state index in [4.69, 9.17) is 4.98 Å². The van der Waals surface area contributed by atoms with E-state index in [-0.39, 0.29) is 13.2 Å². The lowest BCUT2D eigenvalue weighted by Gasteiger charge is -2.31. The van der Waals surface area contributed by atoms with E-state index in [9.17, 15) is 15.0 Å². The molecular formula is C22H24N6O3. The van der Waals surface area contributed by atoms with Gasteiger partial charge >= 0.3 is 0 Å². The molecule has 0 saturated carbocycles. The lowest BCUT2D eigenvalue weighted by atomic mass is 10.0. The highest BCUT2D eigenvalue weighted by atomic mass is 16.3. The van der Waals surface area contributed by atoms with Gasteiger partial charge in [0.2, 0.25) is 0 Å². The summed E-state index contributed by atoms with van der Waals surface area (Å²) in [5.41, 5.74) is 3.57. The van der Waals surface area contributed by atoms with Gasteiger partial charge in [-0.15, -0.1) is 0 Å². The number of carbonyl (C=O) groups excluding carboxylic acids is 1. The van der Waals surface area contributed by atoms with E-state index >= 15 is 0 Å². The van der Waals surface area contributed by atoms with E-state index < -0.39 is 11.9 Å². The topological polar surface area (TPSA) is 124 Å². The summed E-state index contributed by atoms with van der Waals surface area (Å²) in [5.74, 6) is 0.841. The van der Waals surface area contributed by atoms with Crippen molar-refractivity contribution in [3.8, 4) is 11.5 Å². The van der Waals surface area contributed by atoms with Crippen LogP contribution < -0.4 is 10.2 Å². The van der Waals surface area contributed by atoms with Gasteiger partial charge in [0.25, 0.3) is 5.91 Å². The van der Waals surface area contributed by atoms with Crippen molar-refractivity contribution in [2.75, 3.05) is 24.7 Å². The Bertz CT molecular complexity index is 1090. The molecule has 9 nitrogen and oxygen atoms in total. The molecule has 0 aromatic carbocycles. The number of anilines is 2. The van der Waals surface area contributed by atoms with Crippen molar-refractivity contribution in [3.05, 3.63) is 59.7 Å². The van der Waals surface area contributed by atoms with Crippen LogP contribution in [0.1, 0.15) is 28.0 Å². The summed E-state index contributed by atoms with van der Waals surface area (Å²) in [5, 5.41) is 21.2. The Morgan fingerprint density at radius 3 is 2.81 bits per heavy atom. The van der Waals surface area contributed by atoms with Gasteiger partial charge in [0.05, 0.1) is 30.5 Å². The Hall–Kier alpha value is -3.43. The summed E-state index contributed by atoms with van der Waals surface area (Å²) in [6.07, 6.45) is 6.66. The summed E-state index contributed by atoms with van der Waals surface area (Å²) in [6, 6.07) is 6.74. The Balaban J connectivity index is 1.73. The van der Waals surface area contributed by atoms with Gasteiger partial charge in [0.15, 0.2) is 5.82 Å². The molecule has 0 saturated heterocycles. The predicted molar refractivity (Wildman–Crippen MR) is 115 cm³/mol. The van der Waals surface area contributed by atoms with Crippen LogP contribution in [0.3, 0.4) is 0 Å². The van der Waals surface area contributed by atoms with Crippen molar-refractivity contribution in [1.29, 1.82) is 0 Å². The summed E-state index contributed by atoms with van der Waals surface area (Å²) in [7, 11) is 0. The van der Waals surface area contributed by atoms with Crippen LogP contribution in [-0.2, 0) is 6.42 Å². The number of amides is 1. The van der Waals surface area contributed by atoms with E-state index in [0.717, 1.165) is 29.9 Å². The SMILES string of the molecule is Cc1cccc(-c2ncc3c(n2)N(c2ccncc2C(=O)NC(CO)CO)CCC3)n1. The largest absolute Gasteiger partial charge is 0.394 e. The highest BCUT2D eigenvalue weighted by Gasteiger charge is 2.26. The Kier molecular flexibility index (Phi) is 6.15. The minimum atomic E-state index is -0.740. The van der Waals surface area contributed by atoms with E-state index in [2.05, 4.69) is 20.3 Å². The molecule has 1 aliphatic heterocycles. The second kappa shape index (κ2) is 9.15. The predicted octanol–water partition coefficient (Wildman–Crippen LogP) is 1.41. The molecular weight excluding hydrogens is 396 g/mol. The lowest BCUT2D eigenvalue weighted by molar-refractivity contribution is 0.0879. The Labute approximate surface area is 179 Å². The van der Waals surface area contributed by atoms with Crippen molar-refractivity contribution < 1.29 is 15.0 Å². The smallest absolute Gasteiger partial charge is 0.255 e. The molecule has 0 radical (unpaired) electrons. The van der Waals surface area contributed by atoms with Crippen molar-refractivity contribution >= 4 is 17.4 Å². The van der Waals surface area contributed by atoms with Crippen molar-refractivity contribution in [1.82, 2.24) is 25.3 Å². The average Bonchev–Trinajstić information content (AvgIpc) is 2.81. The highest BCUT2D eigenvalue weighted by molar-refractivity contribution is 6.00. The molecule has 0 bridgehead atoms. The minimum Gasteiger partial charge on any atom is -0.394 e. The number of carbonyl (C=O) groups is 1. The fourth-order valence-corrected chi connectivity index (χ4v) is 3.58. The normalized spacial score (nSPS) is 13.2. The molecule has 1 aliphatic rings. The quantitative estimate of drug-likeness (QED) is 0.547. The third-order valence-corrected chi connectivity index (χ3v) is 5.15. The molecule has 0 spiro atoms. The van der Waals surface area contributed by atoms with Crippen LogP contribution in [0.25, 0.3) is 11.5 Å². The molecule has 1 amide bonds. The van der Waals surface area contributed by atoms with Crippen molar-refractivity contribution in [2.24, 2.45) is 0 Å². The maximum Gasteiger partial charge on any atom is 0.255 e. The van der Waals surface area contributed by atoms with Gasteiger partial charge in [-0.05, 0) is 38.0 Å². The van der Waals surface area contributed by atoms with Gasteiger partial charge in [0.1, 0.15) is 11.5 Å². The molecule has 0 fully saturated rings. The summed E-state index contributed by atoms with van der Waals surface area (Å²) in [4.78, 5) is 32.7. The standard InChI is InChI=1S/C22H24N6O3/c1-14-4-2-6-18(25-14)20-24-10-15-5-3-9-28(21(15)27-20)19-7-8-23-11-17(19)22(31)26-16(12-29)13-30/h2,4,6-8,10-11,16,29-30H,3,5,9,12-13H2,1H3,(H,26,31). The van der Waals surface area contributed by atoms with Crippen LogP contribution in [0.5, 0.6) is 0 Å². The highest BCUT2D eigenvalue weighted by Crippen LogP contribution is 2.34. The number of aliphatic hydroxyl groups is 2. The fourth-order valence-electron chi connectivity index (χ4n) is 3.58. The first-order chi connectivity index (χ1) is 15.1. The van der Waals surface area contributed by atoms with E-state index in [1.807, 2.05) is 36.2 Å². The molecule has 160 valence electrons. The van der Waals surface area contributed by atoms with Gasteiger partial charge in [-0.3, -0.25) is 9.78 Å². The lowest BCUT2D eigenvalue weighted by Crippen LogP contribution is -2.40. The van der Waals surface area contributed by atoms with Gasteiger partial charge in [-0.2, -0.15) is 0 Å². The number of fused-ring (bicyclic) bond motifs is 1. The fraction of sp³-hybridized carbons (Fsp3) is 0.318. The molecule has 4 rings (SSSR count). The molecule has 0 atom stereocenters. The van der Waals surface area contributed by atoms with Crippen LogP contribution in [0.4, 0.5) is 11.5 Å². The maximum absolute atomic E-state index is 12.8. The number of aromatic nitrogens is 4. The number of hydrogen-bond donors (Lipinski definition) is 3. The van der Waals surface area contributed by atoms with E-state index in [0.29, 0.717) is 29.3 Å². The Morgan fingerprint density at radius 2 is 2.03 bits per heavy atom. The van der Waals surface area contributed by atoms with Gasteiger partial charge < -0.3 is 20.4 Å². The molecule has 31 heavy (non-hydrogen) atoms. The zero-order chi connectivity index (χ0) is 21.8. The number of rotatable bonds is 6. The number of nitrogens with one attached hydrogen (secondary N) is 1. The summed E-state index contributed by atoms with van der Waals surface area (Å²) >= 11 is 0. The minimum absolute atomic E-state index is 0.344. The average molecular weight is 420 g/mol. The zero-order valence-electron chi connectivity index (χ0n) is 17.2. The monoisotopic (exact) mass is 420 g/mol. The van der Waals surface area contributed by atoms with Crippen LogP contribution in [-0.4, -0.2) is 61.9 Å². The number of nitrogens with zero attached hydrogens (tertiary/aromatic N) is 5. The first kappa shape index (κ1) is 20.8. The number of hydrogen-bond acceptors (Lipinski definition) is 8. The van der Waals surface area contributed by atoms with Crippen LogP contribution in [0.15, 0.2) is 42.9 Å². The van der Waals surface area contributed by atoms with Crippen molar-refractivity contribution in [2.45, 2.75) is 25.8 Å². The van der Waals surface area contributed by atoms with Gasteiger partial charge in [0, 0.05) is 36.4 Å². The molecule has 9 heteroatoms. The number of aliphatic hydroxyl groups excluding tert-OH is 2. The summed E-state index contributed by atoms with van der Waals surface area (Å²) in [6.45, 7) is 1.88.